The normalized spacial score (nSPS) is 25.5. The molecule has 3 nitrogen and oxygen atoms in total. The van der Waals surface area contributed by atoms with Crippen LogP contribution in [0.3, 0.4) is 0 Å². The lowest BCUT2D eigenvalue weighted by atomic mass is 9.96. The lowest BCUT2D eigenvalue weighted by Gasteiger charge is -2.38. The maximum absolute atomic E-state index is 9.68. The fourth-order valence-corrected chi connectivity index (χ4v) is 1.41. The van der Waals surface area contributed by atoms with Gasteiger partial charge in [0.25, 0.3) is 0 Å². The van der Waals surface area contributed by atoms with Crippen molar-refractivity contribution in [3.63, 3.8) is 0 Å². The summed E-state index contributed by atoms with van der Waals surface area (Å²) in [5.74, 6) is -0.542. The van der Waals surface area contributed by atoms with Gasteiger partial charge in [0, 0.05) is 13.0 Å². The second-order valence-corrected chi connectivity index (χ2v) is 2.86. The van der Waals surface area contributed by atoms with Crippen molar-refractivity contribution >= 4 is 0 Å². The smallest absolute Gasteiger partial charge is 0.240 e. The van der Waals surface area contributed by atoms with Gasteiger partial charge in [-0.1, -0.05) is 12.1 Å². The highest BCUT2D eigenvalue weighted by molar-refractivity contribution is 5.43. The van der Waals surface area contributed by atoms with E-state index in [4.69, 9.17) is 9.84 Å². The fraction of sp³-hybridized carbons (Fsp3) is 0.333. The Hall–Kier alpha value is -1.06. The van der Waals surface area contributed by atoms with Gasteiger partial charge < -0.3 is 14.9 Å². The third-order valence-electron chi connectivity index (χ3n) is 2.04. The zero-order chi connectivity index (χ0) is 8.60. The molecule has 0 amide bonds. The Morgan fingerprint density at radius 3 is 2.75 bits per heavy atom. The maximum Gasteiger partial charge on any atom is 0.240 e. The van der Waals surface area contributed by atoms with E-state index in [9.17, 15) is 5.11 Å². The van der Waals surface area contributed by atoms with Crippen LogP contribution < -0.4 is 4.74 Å². The van der Waals surface area contributed by atoms with Crippen molar-refractivity contribution in [2.24, 2.45) is 0 Å². The zero-order valence-corrected chi connectivity index (χ0v) is 6.53. The van der Waals surface area contributed by atoms with Crippen molar-refractivity contribution < 1.29 is 14.9 Å². The molecule has 0 radical (unpaired) electrons. The second kappa shape index (κ2) is 2.47. The van der Waals surface area contributed by atoms with Gasteiger partial charge in [0.2, 0.25) is 5.79 Å². The van der Waals surface area contributed by atoms with E-state index in [1.807, 2.05) is 12.1 Å². The van der Waals surface area contributed by atoms with E-state index in [0.29, 0.717) is 5.75 Å². The first kappa shape index (κ1) is 7.58. The molecule has 12 heavy (non-hydrogen) atoms. The minimum Gasteiger partial charge on any atom is -0.457 e. The van der Waals surface area contributed by atoms with E-state index in [-0.39, 0.29) is 13.0 Å². The average molecular weight is 166 g/mol. The molecule has 0 saturated carbocycles. The van der Waals surface area contributed by atoms with Gasteiger partial charge in [0.05, 0.1) is 5.56 Å². The van der Waals surface area contributed by atoms with Crippen LogP contribution >= 0.6 is 0 Å². The number of rotatable bonds is 2. The van der Waals surface area contributed by atoms with Crippen LogP contribution in [0, 0.1) is 0 Å². The third kappa shape index (κ3) is 0.906. The van der Waals surface area contributed by atoms with Gasteiger partial charge in [-0.05, 0) is 12.1 Å². The molecule has 0 fully saturated rings. The number of benzene rings is 1. The molecule has 0 aromatic heterocycles. The molecule has 0 spiro atoms. The average Bonchev–Trinajstić information content (AvgIpc) is 2.04. The Morgan fingerprint density at radius 2 is 2.08 bits per heavy atom. The Kier molecular flexibility index (Phi) is 1.56. The highest BCUT2D eigenvalue weighted by Crippen LogP contribution is 2.43. The molecule has 1 aliphatic rings. The maximum atomic E-state index is 9.68. The van der Waals surface area contributed by atoms with E-state index < -0.39 is 5.79 Å². The van der Waals surface area contributed by atoms with Crippen LogP contribution in [0.1, 0.15) is 12.0 Å². The third-order valence-corrected chi connectivity index (χ3v) is 2.04. The van der Waals surface area contributed by atoms with E-state index in [1.165, 1.54) is 0 Å². The van der Waals surface area contributed by atoms with Crippen molar-refractivity contribution in [3.05, 3.63) is 29.8 Å². The van der Waals surface area contributed by atoms with Gasteiger partial charge >= 0.3 is 0 Å². The van der Waals surface area contributed by atoms with Crippen LogP contribution in [-0.2, 0) is 5.79 Å². The number of para-hydroxylation sites is 1. The number of hydrogen-bond acceptors (Lipinski definition) is 3. The quantitative estimate of drug-likeness (QED) is 0.676. The van der Waals surface area contributed by atoms with Gasteiger partial charge in [-0.15, -0.1) is 0 Å². The first-order valence-corrected chi connectivity index (χ1v) is 3.88. The van der Waals surface area contributed by atoms with Gasteiger partial charge in [-0.2, -0.15) is 0 Å². The van der Waals surface area contributed by atoms with Gasteiger partial charge in [-0.3, -0.25) is 0 Å². The minimum atomic E-state index is -1.24. The molecule has 1 heterocycles. The summed E-state index contributed by atoms with van der Waals surface area (Å²) < 4.78 is 5.11. The fourth-order valence-electron chi connectivity index (χ4n) is 1.41. The lowest BCUT2D eigenvalue weighted by molar-refractivity contribution is -0.191. The van der Waals surface area contributed by atoms with Crippen molar-refractivity contribution in [1.82, 2.24) is 0 Å². The van der Waals surface area contributed by atoms with E-state index in [1.54, 1.807) is 12.1 Å². The van der Waals surface area contributed by atoms with E-state index in [2.05, 4.69) is 0 Å². The van der Waals surface area contributed by atoms with Crippen molar-refractivity contribution in [1.29, 1.82) is 0 Å². The standard InChI is InChI=1S/C9H10O3/c10-6-5-9(11)7-3-1-2-4-8(7)12-9/h1-4,10-11H,5-6H2/t9-/m0/s1. The van der Waals surface area contributed by atoms with E-state index in [0.717, 1.165) is 5.56 Å². The van der Waals surface area contributed by atoms with Crippen LogP contribution in [0.15, 0.2) is 24.3 Å². The van der Waals surface area contributed by atoms with Crippen LogP contribution in [0.5, 0.6) is 5.75 Å². The van der Waals surface area contributed by atoms with Crippen molar-refractivity contribution in [2.75, 3.05) is 6.61 Å². The molecule has 0 unspecified atom stereocenters. The highest BCUT2D eigenvalue weighted by atomic mass is 16.6. The summed E-state index contributed by atoms with van der Waals surface area (Å²) in [6, 6.07) is 7.27. The van der Waals surface area contributed by atoms with Crippen LogP contribution in [0.4, 0.5) is 0 Å². The summed E-state index contributed by atoms with van der Waals surface area (Å²) in [7, 11) is 0. The predicted octanol–water partition coefficient (Wildman–Crippen LogP) is 0.607. The molecule has 0 bridgehead atoms. The Bertz CT molecular complexity index is 298. The summed E-state index contributed by atoms with van der Waals surface area (Å²) in [4.78, 5) is 0. The lowest BCUT2D eigenvalue weighted by Crippen LogP contribution is -2.41. The van der Waals surface area contributed by atoms with E-state index >= 15 is 0 Å². The molecular formula is C9H10O3. The van der Waals surface area contributed by atoms with Gasteiger partial charge in [0.15, 0.2) is 0 Å². The first-order valence-electron chi connectivity index (χ1n) is 3.88. The minimum absolute atomic E-state index is 0.0785. The number of hydrogen-bond donors (Lipinski definition) is 2. The summed E-state index contributed by atoms with van der Waals surface area (Å²) in [5.41, 5.74) is 0.763. The second-order valence-electron chi connectivity index (χ2n) is 2.86. The largest absolute Gasteiger partial charge is 0.457 e. The molecule has 1 atom stereocenters. The van der Waals surface area contributed by atoms with Crippen LogP contribution in [-0.4, -0.2) is 16.8 Å². The molecule has 0 aliphatic carbocycles. The first-order chi connectivity index (χ1) is 5.76. The topological polar surface area (TPSA) is 49.7 Å². The van der Waals surface area contributed by atoms with Crippen LogP contribution in [0.2, 0.25) is 0 Å². The SMILES string of the molecule is OCC[C@]1(O)Oc2ccccc21. The highest BCUT2D eigenvalue weighted by Gasteiger charge is 2.42. The summed E-state index contributed by atoms with van der Waals surface area (Å²) in [6.45, 7) is -0.0785. The Morgan fingerprint density at radius 1 is 1.33 bits per heavy atom. The number of aliphatic hydroxyl groups excluding tert-OH is 1. The summed E-state index contributed by atoms with van der Waals surface area (Å²) in [6.07, 6.45) is 0.226. The molecule has 2 rings (SSSR count). The molecular weight excluding hydrogens is 156 g/mol. The molecule has 1 aromatic carbocycles. The molecule has 3 heteroatoms. The Balaban J connectivity index is 2.29. The Labute approximate surface area is 70.2 Å². The molecule has 1 aromatic rings. The monoisotopic (exact) mass is 166 g/mol. The van der Waals surface area contributed by atoms with Crippen molar-refractivity contribution in [2.45, 2.75) is 12.2 Å². The van der Waals surface area contributed by atoms with Gasteiger partial charge in [0.1, 0.15) is 5.75 Å². The molecule has 1 aliphatic heterocycles. The summed E-state index contributed by atoms with van der Waals surface area (Å²) in [5, 5.41) is 18.3. The van der Waals surface area contributed by atoms with Crippen LogP contribution in [0.25, 0.3) is 0 Å². The van der Waals surface area contributed by atoms with Crippen molar-refractivity contribution in [3.8, 4) is 5.75 Å². The zero-order valence-electron chi connectivity index (χ0n) is 6.53. The molecule has 0 saturated heterocycles. The number of fused-ring (bicyclic) bond motifs is 1. The molecule has 64 valence electrons. The number of aliphatic hydroxyl groups is 2. The number of ether oxygens (including phenoxy) is 1. The predicted molar refractivity (Wildman–Crippen MR) is 42.7 cm³/mol. The van der Waals surface area contributed by atoms with Gasteiger partial charge in [-0.25, -0.2) is 0 Å². The molecule has 2 N–H and O–H groups in total. The summed E-state index contributed by atoms with van der Waals surface area (Å²) >= 11 is 0.